The molecule has 210 valence electrons. The number of aliphatic hydroxyl groups excluding tert-OH is 1. The number of rotatable bonds is 18. The Morgan fingerprint density at radius 1 is 0.784 bits per heavy atom. The van der Waals surface area contributed by atoms with Crippen LogP contribution in [0.3, 0.4) is 0 Å². The van der Waals surface area contributed by atoms with Crippen LogP contribution < -0.4 is 38.9 Å². The minimum Gasteiger partial charge on any atom is -0.481 e. The van der Waals surface area contributed by atoms with E-state index in [-0.39, 0.29) is 44.6 Å². The number of hydrogen-bond acceptors (Lipinski definition) is 9. The first-order valence-corrected chi connectivity index (χ1v) is 11.3. The van der Waals surface area contributed by atoms with E-state index in [4.69, 9.17) is 28.0 Å². The van der Waals surface area contributed by atoms with Gasteiger partial charge in [-0.3, -0.25) is 29.0 Å². The van der Waals surface area contributed by atoms with Gasteiger partial charge >= 0.3 is 11.9 Å². The maximum Gasteiger partial charge on any atom is 0.326 e. The molecule has 37 heavy (non-hydrogen) atoms. The van der Waals surface area contributed by atoms with Crippen molar-refractivity contribution in [2.45, 2.75) is 75.7 Å². The molecule has 5 atom stereocenters. The summed E-state index contributed by atoms with van der Waals surface area (Å²) in [5.41, 5.74) is 21.1. The Hall–Kier alpha value is -3.99. The summed E-state index contributed by atoms with van der Waals surface area (Å²) in [6.07, 6.45) is -2.73. The summed E-state index contributed by atoms with van der Waals surface area (Å²) in [6.45, 7) is 1.30. The molecule has 0 rings (SSSR count). The lowest BCUT2D eigenvalue weighted by atomic mass is 10.1. The fourth-order valence-corrected chi connectivity index (χ4v) is 2.88. The highest BCUT2D eigenvalue weighted by Gasteiger charge is 2.31. The van der Waals surface area contributed by atoms with E-state index in [1.54, 1.807) is 0 Å². The van der Waals surface area contributed by atoms with Crippen LogP contribution >= 0.6 is 0 Å². The maximum atomic E-state index is 12.9. The first-order valence-electron chi connectivity index (χ1n) is 11.3. The lowest BCUT2D eigenvalue weighted by molar-refractivity contribution is -0.142. The third-order valence-electron chi connectivity index (χ3n) is 4.97. The molecule has 0 aromatic rings. The molecule has 17 heteroatoms. The Balaban J connectivity index is 5.72. The molecule has 0 aliphatic carbocycles. The summed E-state index contributed by atoms with van der Waals surface area (Å²) in [7, 11) is 0. The summed E-state index contributed by atoms with van der Waals surface area (Å²) in [5, 5.41) is 34.6. The summed E-state index contributed by atoms with van der Waals surface area (Å²) >= 11 is 0. The third kappa shape index (κ3) is 14.2. The van der Waals surface area contributed by atoms with Gasteiger partial charge in [-0.1, -0.05) is 0 Å². The minimum atomic E-state index is -1.50. The van der Waals surface area contributed by atoms with Crippen LogP contribution in [0.1, 0.15) is 45.4 Å². The number of amides is 4. The number of carboxylic acids is 2. The Bertz CT molecular complexity index is 861. The number of aliphatic carboxylic acids is 2. The van der Waals surface area contributed by atoms with Crippen LogP contribution in [0.15, 0.2) is 4.99 Å². The molecule has 0 aromatic carbocycles. The van der Waals surface area contributed by atoms with Gasteiger partial charge in [0.1, 0.15) is 24.2 Å². The first-order chi connectivity index (χ1) is 17.1. The molecule has 0 bridgehead atoms. The summed E-state index contributed by atoms with van der Waals surface area (Å²) in [5.74, 6) is -6.54. The SMILES string of the molecule is CC(O)C(N)C(=O)NC(CCC(=O)O)C(=O)NC(CCCN=C(N)N)C(=O)NC(CCC(N)=O)C(=O)O. The van der Waals surface area contributed by atoms with Crippen LogP contribution in [0.4, 0.5) is 0 Å². The van der Waals surface area contributed by atoms with Crippen LogP contribution in [0.2, 0.25) is 0 Å². The van der Waals surface area contributed by atoms with Gasteiger partial charge < -0.3 is 54.2 Å². The Kier molecular flexibility index (Phi) is 14.8. The van der Waals surface area contributed by atoms with Gasteiger partial charge in [-0.15, -0.1) is 0 Å². The molecule has 14 N–H and O–H groups in total. The zero-order chi connectivity index (χ0) is 28.7. The summed E-state index contributed by atoms with van der Waals surface area (Å²) in [6, 6.07) is -5.72. The van der Waals surface area contributed by atoms with E-state index in [1.165, 1.54) is 6.92 Å². The topological polar surface area (TPSA) is 316 Å². The molecular formula is C20H36N8O9. The molecule has 4 amide bonds. The molecule has 0 aliphatic rings. The van der Waals surface area contributed by atoms with E-state index in [0.29, 0.717) is 0 Å². The second kappa shape index (κ2) is 16.6. The molecule has 5 unspecified atom stereocenters. The second-order valence-corrected chi connectivity index (χ2v) is 8.17. The van der Waals surface area contributed by atoms with Gasteiger partial charge in [0.25, 0.3) is 0 Å². The molecule has 0 fully saturated rings. The lowest BCUT2D eigenvalue weighted by Crippen LogP contribution is -2.58. The number of nitrogens with zero attached hydrogens (tertiary/aromatic N) is 1. The molecule has 0 aromatic heterocycles. The Morgan fingerprint density at radius 3 is 1.73 bits per heavy atom. The van der Waals surface area contributed by atoms with Crippen molar-refractivity contribution < 1.29 is 44.1 Å². The number of nitrogens with two attached hydrogens (primary N) is 4. The number of carbonyl (C=O) groups excluding carboxylic acids is 4. The highest BCUT2D eigenvalue weighted by molar-refractivity contribution is 5.94. The monoisotopic (exact) mass is 532 g/mol. The Morgan fingerprint density at radius 2 is 1.27 bits per heavy atom. The van der Waals surface area contributed by atoms with Gasteiger partial charge in [0, 0.05) is 19.4 Å². The van der Waals surface area contributed by atoms with Gasteiger partial charge in [-0.2, -0.15) is 0 Å². The smallest absolute Gasteiger partial charge is 0.326 e. The summed E-state index contributed by atoms with van der Waals surface area (Å²) < 4.78 is 0. The Labute approximate surface area is 212 Å². The third-order valence-corrected chi connectivity index (χ3v) is 4.97. The molecule has 0 saturated heterocycles. The van der Waals surface area contributed by atoms with Crippen molar-refractivity contribution in [2.24, 2.45) is 27.9 Å². The van der Waals surface area contributed by atoms with E-state index < -0.39 is 72.3 Å². The van der Waals surface area contributed by atoms with Gasteiger partial charge in [0.05, 0.1) is 6.10 Å². The number of carbonyl (C=O) groups is 6. The van der Waals surface area contributed by atoms with Crippen molar-refractivity contribution >= 4 is 41.5 Å². The highest BCUT2D eigenvalue weighted by atomic mass is 16.4. The number of aliphatic imine (C=N–C) groups is 1. The fourth-order valence-electron chi connectivity index (χ4n) is 2.88. The highest BCUT2D eigenvalue weighted by Crippen LogP contribution is 2.06. The van der Waals surface area contributed by atoms with Gasteiger partial charge in [-0.25, -0.2) is 4.79 Å². The van der Waals surface area contributed by atoms with Gasteiger partial charge in [-0.05, 0) is 32.6 Å². The molecule has 0 saturated carbocycles. The largest absolute Gasteiger partial charge is 0.481 e. The van der Waals surface area contributed by atoms with Crippen molar-refractivity contribution in [1.82, 2.24) is 16.0 Å². The van der Waals surface area contributed by atoms with Crippen molar-refractivity contribution in [2.75, 3.05) is 6.54 Å². The van der Waals surface area contributed by atoms with Gasteiger partial charge in [0.15, 0.2) is 5.96 Å². The molecular weight excluding hydrogens is 496 g/mol. The molecule has 0 heterocycles. The van der Waals surface area contributed by atoms with Crippen LogP contribution in [0, 0.1) is 0 Å². The average molecular weight is 533 g/mol. The van der Waals surface area contributed by atoms with Crippen molar-refractivity contribution in [1.29, 1.82) is 0 Å². The van der Waals surface area contributed by atoms with E-state index in [9.17, 15) is 39.0 Å². The fraction of sp³-hybridized carbons (Fsp3) is 0.650. The normalized spacial score (nSPS) is 14.7. The van der Waals surface area contributed by atoms with Crippen molar-refractivity contribution in [3.63, 3.8) is 0 Å². The molecule has 0 aliphatic heterocycles. The van der Waals surface area contributed by atoms with Crippen LogP contribution in [-0.2, 0) is 28.8 Å². The quantitative estimate of drug-likeness (QED) is 0.0453. The molecule has 17 nitrogen and oxygen atoms in total. The minimum absolute atomic E-state index is 0.0639. The second-order valence-electron chi connectivity index (χ2n) is 8.17. The van der Waals surface area contributed by atoms with E-state index in [0.717, 1.165) is 0 Å². The number of primary amides is 1. The number of hydrogen-bond donors (Lipinski definition) is 10. The van der Waals surface area contributed by atoms with Gasteiger partial charge in [0.2, 0.25) is 23.6 Å². The number of nitrogens with one attached hydrogen (secondary N) is 3. The number of aliphatic hydroxyl groups is 1. The maximum absolute atomic E-state index is 12.9. The average Bonchev–Trinajstić information content (AvgIpc) is 2.79. The lowest BCUT2D eigenvalue weighted by Gasteiger charge is -2.25. The van der Waals surface area contributed by atoms with Crippen LogP contribution in [0.25, 0.3) is 0 Å². The van der Waals surface area contributed by atoms with Crippen molar-refractivity contribution in [3.05, 3.63) is 0 Å². The van der Waals surface area contributed by atoms with E-state index in [2.05, 4.69) is 20.9 Å². The van der Waals surface area contributed by atoms with Crippen molar-refractivity contribution in [3.8, 4) is 0 Å². The summed E-state index contributed by atoms with van der Waals surface area (Å²) in [4.78, 5) is 75.3. The molecule has 0 radical (unpaired) electrons. The van der Waals surface area contributed by atoms with Crippen LogP contribution in [0.5, 0.6) is 0 Å². The zero-order valence-electron chi connectivity index (χ0n) is 20.4. The van der Waals surface area contributed by atoms with E-state index >= 15 is 0 Å². The molecule has 0 spiro atoms. The number of carboxylic acid groups (broad SMARTS) is 2. The predicted molar refractivity (Wildman–Crippen MR) is 128 cm³/mol. The first kappa shape index (κ1) is 33.0. The predicted octanol–water partition coefficient (Wildman–Crippen LogP) is -4.58. The van der Waals surface area contributed by atoms with Crippen LogP contribution in [-0.4, -0.2) is 93.7 Å². The zero-order valence-corrected chi connectivity index (χ0v) is 20.4. The number of guanidine groups is 1. The standard InChI is InChI=1S/C20H36N8O9/c1-9(29)15(22)18(35)27-11(5-7-14(31)32)17(34)26-10(3-2-8-25-20(23)24)16(33)28-12(19(36)37)4-6-13(21)30/h9-12,15,29H,2-8,22H2,1H3,(H2,21,30)(H,26,34)(H,27,35)(H,28,33)(H,31,32)(H,36,37)(H4,23,24,25). The van der Waals surface area contributed by atoms with E-state index in [1.807, 2.05) is 0 Å².